The molecule has 8 heteroatoms. The number of halogens is 1. The van der Waals surface area contributed by atoms with Crippen molar-refractivity contribution < 1.29 is 4.79 Å². The molecule has 0 aliphatic heterocycles. The van der Waals surface area contributed by atoms with E-state index in [1.807, 2.05) is 32.0 Å². The van der Waals surface area contributed by atoms with Crippen LogP contribution in [0.5, 0.6) is 0 Å². The van der Waals surface area contributed by atoms with Crippen molar-refractivity contribution in [2.75, 3.05) is 5.32 Å². The second-order valence-electron chi connectivity index (χ2n) is 7.23. The molecule has 4 rings (SSSR count). The van der Waals surface area contributed by atoms with Gasteiger partial charge in [0, 0.05) is 34.4 Å². The highest BCUT2D eigenvalue weighted by Crippen LogP contribution is 2.27. The Balaban J connectivity index is 1.61. The maximum absolute atomic E-state index is 13.0. The van der Waals surface area contributed by atoms with Crippen LogP contribution in [-0.4, -0.2) is 20.7 Å². The average Bonchev–Trinajstić information content (AvgIpc) is 3.20. The van der Waals surface area contributed by atoms with Gasteiger partial charge < -0.3 is 0 Å². The SMILES string of the molecule is CCCn1nc(C(=O)Nc2ncc(Cc3cccc(C)c3Cl)s2)c2ccccc2c1=O. The zero-order chi connectivity index (χ0) is 22.0. The van der Waals surface area contributed by atoms with Gasteiger partial charge in [-0.05, 0) is 30.5 Å². The minimum Gasteiger partial charge on any atom is -0.296 e. The lowest BCUT2D eigenvalue weighted by Gasteiger charge is -2.09. The van der Waals surface area contributed by atoms with E-state index in [0.29, 0.717) is 28.9 Å². The highest BCUT2D eigenvalue weighted by Gasteiger charge is 2.18. The lowest BCUT2D eigenvalue weighted by Crippen LogP contribution is -2.27. The van der Waals surface area contributed by atoms with E-state index >= 15 is 0 Å². The van der Waals surface area contributed by atoms with Crippen LogP contribution in [0.1, 0.15) is 39.8 Å². The van der Waals surface area contributed by atoms with Crippen molar-refractivity contribution in [3.05, 3.63) is 85.7 Å². The summed E-state index contributed by atoms with van der Waals surface area (Å²) in [5.41, 5.74) is 2.06. The lowest BCUT2D eigenvalue weighted by molar-refractivity contribution is 0.102. The normalized spacial score (nSPS) is 11.1. The molecule has 4 aromatic rings. The maximum Gasteiger partial charge on any atom is 0.278 e. The first-order valence-corrected chi connectivity index (χ1v) is 11.2. The fourth-order valence-electron chi connectivity index (χ4n) is 3.40. The Bertz CT molecular complexity index is 1330. The minimum atomic E-state index is -0.393. The van der Waals surface area contributed by atoms with Gasteiger partial charge in [0.2, 0.25) is 0 Å². The van der Waals surface area contributed by atoms with Crippen molar-refractivity contribution >= 4 is 44.7 Å². The van der Waals surface area contributed by atoms with E-state index in [4.69, 9.17) is 11.6 Å². The fourth-order valence-corrected chi connectivity index (χ4v) is 4.43. The van der Waals surface area contributed by atoms with Crippen LogP contribution in [0.3, 0.4) is 0 Å². The highest BCUT2D eigenvalue weighted by atomic mass is 35.5. The van der Waals surface area contributed by atoms with Gasteiger partial charge in [0.1, 0.15) is 0 Å². The molecular formula is C23H21ClN4O2S. The number of amides is 1. The molecule has 1 N–H and O–H groups in total. The number of carbonyl (C=O) groups excluding carboxylic acids is 1. The molecule has 0 atom stereocenters. The number of hydrogen-bond donors (Lipinski definition) is 1. The van der Waals surface area contributed by atoms with Crippen molar-refractivity contribution in [2.24, 2.45) is 0 Å². The van der Waals surface area contributed by atoms with Gasteiger partial charge in [-0.25, -0.2) is 9.67 Å². The second-order valence-corrected chi connectivity index (χ2v) is 8.73. The number of rotatable bonds is 6. The molecule has 0 unspecified atom stereocenters. The van der Waals surface area contributed by atoms with E-state index in [2.05, 4.69) is 15.4 Å². The van der Waals surface area contributed by atoms with Gasteiger partial charge in [0.15, 0.2) is 10.8 Å². The zero-order valence-corrected chi connectivity index (χ0v) is 18.8. The number of aryl methyl sites for hydroxylation is 2. The van der Waals surface area contributed by atoms with E-state index < -0.39 is 5.91 Å². The van der Waals surface area contributed by atoms with Gasteiger partial charge in [-0.2, -0.15) is 5.10 Å². The summed E-state index contributed by atoms with van der Waals surface area (Å²) in [6, 6.07) is 13.0. The summed E-state index contributed by atoms with van der Waals surface area (Å²) in [6.07, 6.45) is 3.11. The minimum absolute atomic E-state index is 0.194. The number of anilines is 1. The van der Waals surface area contributed by atoms with Crippen LogP contribution in [0.4, 0.5) is 5.13 Å². The van der Waals surface area contributed by atoms with Crippen molar-refractivity contribution in [1.82, 2.24) is 14.8 Å². The first-order valence-electron chi connectivity index (χ1n) is 9.97. The monoisotopic (exact) mass is 452 g/mol. The van der Waals surface area contributed by atoms with Gasteiger partial charge in [-0.3, -0.25) is 14.9 Å². The number of aromatic nitrogens is 3. The molecule has 0 saturated heterocycles. The van der Waals surface area contributed by atoms with Gasteiger partial charge in [-0.15, -0.1) is 11.3 Å². The van der Waals surface area contributed by atoms with E-state index in [0.717, 1.165) is 27.4 Å². The third kappa shape index (κ3) is 4.38. The molecule has 158 valence electrons. The molecule has 0 fully saturated rings. The van der Waals surface area contributed by atoms with E-state index in [9.17, 15) is 9.59 Å². The molecular weight excluding hydrogens is 432 g/mol. The molecule has 0 saturated carbocycles. The molecule has 2 heterocycles. The third-order valence-electron chi connectivity index (χ3n) is 4.93. The summed E-state index contributed by atoms with van der Waals surface area (Å²) >= 11 is 7.79. The van der Waals surface area contributed by atoms with Crippen LogP contribution in [0.25, 0.3) is 10.8 Å². The number of carbonyl (C=O) groups is 1. The molecule has 0 bridgehead atoms. The Labute approximate surface area is 188 Å². The molecule has 31 heavy (non-hydrogen) atoms. The summed E-state index contributed by atoms with van der Waals surface area (Å²) in [4.78, 5) is 31.0. The molecule has 0 spiro atoms. The van der Waals surface area contributed by atoms with Crippen molar-refractivity contribution in [2.45, 2.75) is 33.2 Å². The highest BCUT2D eigenvalue weighted by molar-refractivity contribution is 7.15. The third-order valence-corrected chi connectivity index (χ3v) is 6.38. The van der Waals surface area contributed by atoms with Crippen molar-refractivity contribution in [3.63, 3.8) is 0 Å². The molecule has 1 amide bonds. The molecule has 2 aromatic carbocycles. The van der Waals surface area contributed by atoms with Gasteiger partial charge in [0.05, 0.1) is 5.39 Å². The van der Waals surface area contributed by atoms with Crippen LogP contribution in [0.2, 0.25) is 5.02 Å². The standard InChI is InChI=1S/C23H21ClN4O2S/c1-3-11-28-22(30)18-10-5-4-9-17(18)20(27-28)21(29)26-23-25-13-16(31-23)12-15-8-6-7-14(2)19(15)24/h4-10,13H,3,11-12H2,1-2H3,(H,25,26,29). The Kier molecular flexibility index (Phi) is 6.15. The number of thiazole rings is 1. The lowest BCUT2D eigenvalue weighted by atomic mass is 10.1. The number of hydrogen-bond acceptors (Lipinski definition) is 5. The fraction of sp³-hybridized carbons (Fsp3) is 0.217. The van der Waals surface area contributed by atoms with Crippen LogP contribution in [-0.2, 0) is 13.0 Å². The summed E-state index contributed by atoms with van der Waals surface area (Å²) in [7, 11) is 0. The quantitative estimate of drug-likeness (QED) is 0.443. The van der Waals surface area contributed by atoms with Crippen LogP contribution in [0, 0.1) is 6.92 Å². The van der Waals surface area contributed by atoms with Crippen molar-refractivity contribution in [1.29, 1.82) is 0 Å². The van der Waals surface area contributed by atoms with Gasteiger partial charge >= 0.3 is 0 Å². The molecule has 0 aliphatic carbocycles. The predicted molar refractivity (Wildman–Crippen MR) is 125 cm³/mol. The summed E-state index contributed by atoms with van der Waals surface area (Å²) in [5, 5.41) is 9.39. The van der Waals surface area contributed by atoms with Crippen molar-refractivity contribution in [3.8, 4) is 0 Å². The van der Waals surface area contributed by atoms with Crippen LogP contribution >= 0.6 is 22.9 Å². The molecule has 0 radical (unpaired) electrons. The Morgan fingerprint density at radius 1 is 1.16 bits per heavy atom. The van der Waals surface area contributed by atoms with E-state index in [1.54, 1.807) is 30.5 Å². The summed E-state index contributed by atoms with van der Waals surface area (Å²) < 4.78 is 1.35. The number of fused-ring (bicyclic) bond motifs is 1. The zero-order valence-electron chi connectivity index (χ0n) is 17.2. The van der Waals surface area contributed by atoms with Gasteiger partial charge in [0.25, 0.3) is 11.5 Å². The van der Waals surface area contributed by atoms with Crippen LogP contribution < -0.4 is 10.9 Å². The topological polar surface area (TPSA) is 76.9 Å². The first-order chi connectivity index (χ1) is 15.0. The molecule has 6 nitrogen and oxygen atoms in total. The second kappa shape index (κ2) is 8.99. The maximum atomic E-state index is 13.0. The number of nitrogens with one attached hydrogen (secondary N) is 1. The first kappa shape index (κ1) is 21.2. The Morgan fingerprint density at radius 2 is 1.94 bits per heavy atom. The molecule has 0 aliphatic rings. The summed E-state index contributed by atoms with van der Waals surface area (Å²) in [5.74, 6) is -0.393. The Morgan fingerprint density at radius 3 is 2.71 bits per heavy atom. The summed E-state index contributed by atoms with van der Waals surface area (Å²) in [6.45, 7) is 4.38. The Hall–Kier alpha value is -3.03. The van der Waals surface area contributed by atoms with E-state index in [-0.39, 0.29) is 11.3 Å². The smallest absolute Gasteiger partial charge is 0.278 e. The molecule has 2 aromatic heterocycles. The predicted octanol–water partition coefficient (Wildman–Crippen LogP) is 5.07. The number of benzene rings is 2. The van der Waals surface area contributed by atoms with Gasteiger partial charge in [-0.1, -0.05) is 54.9 Å². The average molecular weight is 453 g/mol. The number of nitrogens with zero attached hydrogens (tertiary/aromatic N) is 3. The van der Waals surface area contributed by atoms with E-state index in [1.165, 1.54) is 16.0 Å². The largest absolute Gasteiger partial charge is 0.296 e. The van der Waals surface area contributed by atoms with Crippen LogP contribution in [0.15, 0.2) is 53.5 Å².